The minimum absolute atomic E-state index is 0.110. The number of para-hydroxylation sites is 1. The van der Waals surface area contributed by atoms with Crippen LogP contribution in [0.1, 0.15) is 31.3 Å². The summed E-state index contributed by atoms with van der Waals surface area (Å²) in [6.45, 7) is 6.34. The number of aromatic nitrogens is 6. The molecule has 1 saturated heterocycles. The van der Waals surface area contributed by atoms with E-state index in [1.165, 1.54) is 4.68 Å². The number of imidazole rings is 1. The summed E-state index contributed by atoms with van der Waals surface area (Å²) in [5.41, 5.74) is 10.6. The molecule has 4 heterocycles. The smallest absolute Gasteiger partial charge is 0.293 e. The Hall–Kier alpha value is -4.11. The van der Waals surface area contributed by atoms with E-state index in [0.717, 1.165) is 54.0 Å². The van der Waals surface area contributed by atoms with Gasteiger partial charge in [0.15, 0.2) is 5.82 Å². The van der Waals surface area contributed by atoms with Crippen LogP contribution in [0.3, 0.4) is 0 Å². The van der Waals surface area contributed by atoms with Crippen LogP contribution in [-0.4, -0.2) is 48.4 Å². The molecular weight excluding hydrogens is 464 g/mol. The lowest BCUT2D eigenvalue weighted by Crippen LogP contribution is -2.44. The highest BCUT2D eigenvalue weighted by Crippen LogP contribution is 2.27. The number of hydrogen-bond acceptors (Lipinski definition) is 7. The maximum atomic E-state index is 13.8. The van der Waals surface area contributed by atoms with Gasteiger partial charge in [-0.2, -0.15) is 5.10 Å². The monoisotopic (exact) mass is 494 g/mol. The van der Waals surface area contributed by atoms with Crippen molar-refractivity contribution in [2.24, 2.45) is 5.73 Å². The predicted molar refractivity (Wildman–Crippen MR) is 146 cm³/mol. The first kappa shape index (κ1) is 23.3. The second-order valence-electron chi connectivity index (χ2n) is 9.62. The first-order valence-corrected chi connectivity index (χ1v) is 12.8. The fourth-order valence-electron chi connectivity index (χ4n) is 5.29. The van der Waals surface area contributed by atoms with Crippen LogP contribution in [0.2, 0.25) is 0 Å². The van der Waals surface area contributed by atoms with Gasteiger partial charge in [0.1, 0.15) is 17.6 Å². The van der Waals surface area contributed by atoms with E-state index in [-0.39, 0.29) is 18.1 Å². The molecule has 9 nitrogen and oxygen atoms in total. The molecule has 6 rings (SSSR count). The fraction of sp³-hybridized carbons (Fsp3) is 0.321. The van der Waals surface area contributed by atoms with Crippen LogP contribution in [0.25, 0.3) is 33.2 Å². The second-order valence-corrected chi connectivity index (χ2v) is 9.62. The summed E-state index contributed by atoms with van der Waals surface area (Å²) in [7, 11) is 0. The Morgan fingerprint density at radius 1 is 1.03 bits per heavy atom. The average Bonchev–Trinajstić information content (AvgIpc) is 3.32. The third kappa shape index (κ3) is 4.15. The number of piperidine rings is 1. The van der Waals surface area contributed by atoms with Crippen LogP contribution in [0.5, 0.6) is 0 Å². The zero-order valence-electron chi connectivity index (χ0n) is 21.1. The minimum atomic E-state index is -0.194. The molecule has 1 aliphatic heterocycles. The van der Waals surface area contributed by atoms with Crippen molar-refractivity contribution in [3.8, 4) is 11.3 Å². The Balaban J connectivity index is 1.47. The van der Waals surface area contributed by atoms with Gasteiger partial charge in [0.25, 0.3) is 5.56 Å². The highest BCUT2D eigenvalue weighted by molar-refractivity contribution is 5.92. The number of nitrogens with two attached hydrogens (primary N) is 1. The molecule has 0 amide bonds. The summed E-state index contributed by atoms with van der Waals surface area (Å²) in [6.07, 6.45) is 2.02. The summed E-state index contributed by atoms with van der Waals surface area (Å²) < 4.78 is 3.47. The van der Waals surface area contributed by atoms with E-state index in [1.54, 1.807) is 0 Å². The van der Waals surface area contributed by atoms with Crippen LogP contribution in [0.4, 0.5) is 5.95 Å². The number of anilines is 1. The number of aryl methyl sites for hydroxylation is 2. The summed E-state index contributed by atoms with van der Waals surface area (Å²) in [6, 6.07) is 18.1. The average molecular weight is 495 g/mol. The summed E-state index contributed by atoms with van der Waals surface area (Å²) in [5, 5.41) is 5.60. The maximum absolute atomic E-state index is 13.8. The second kappa shape index (κ2) is 9.40. The van der Waals surface area contributed by atoms with Crippen molar-refractivity contribution in [3.05, 3.63) is 76.5 Å². The zero-order chi connectivity index (χ0) is 25.5. The molecule has 1 fully saturated rings. The number of benzene rings is 2. The molecule has 1 aliphatic rings. The van der Waals surface area contributed by atoms with Gasteiger partial charge in [0.2, 0.25) is 5.95 Å². The molecule has 37 heavy (non-hydrogen) atoms. The van der Waals surface area contributed by atoms with Crippen molar-refractivity contribution in [1.82, 2.24) is 29.3 Å². The minimum Gasteiger partial charge on any atom is -0.341 e. The van der Waals surface area contributed by atoms with E-state index in [1.807, 2.05) is 73.0 Å². The van der Waals surface area contributed by atoms with E-state index in [9.17, 15) is 4.79 Å². The molecule has 2 aromatic carbocycles. The molecule has 1 atom stereocenters. The van der Waals surface area contributed by atoms with Crippen molar-refractivity contribution in [3.63, 3.8) is 0 Å². The summed E-state index contributed by atoms with van der Waals surface area (Å²) >= 11 is 0. The van der Waals surface area contributed by atoms with E-state index < -0.39 is 0 Å². The lowest BCUT2D eigenvalue weighted by atomic mass is 10.1. The largest absolute Gasteiger partial charge is 0.341 e. The van der Waals surface area contributed by atoms with Gasteiger partial charge in [0, 0.05) is 36.6 Å². The SMILES string of the molecule is CCn1c(N2CCC[C@@H](N)C2)nc2c(C)nn(Cc3nc(-c4ccccc4)c4ccccc4n3)c(=O)c21. The molecule has 0 aliphatic carbocycles. The third-order valence-electron chi connectivity index (χ3n) is 7.04. The lowest BCUT2D eigenvalue weighted by molar-refractivity contribution is 0.494. The number of hydrogen-bond donors (Lipinski definition) is 1. The first-order chi connectivity index (χ1) is 18.0. The van der Waals surface area contributed by atoms with Gasteiger partial charge in [-0.05, 0) is 32.8 Å². The molecular formula is C28H30N8O. The molecule has 188 valence electrons. The highest BCUT2D eigenvalue weighted by Gasteiger charge is 2.25. The van der Waals surface area contributed by atoms with Gasteiger partial charge in [-0.15, -0.1) is 0 Å². The summed E-state index contributed by atoms with van der Waals surface area (Å²) in [4.78, 5) is 30.5. The normalized spacial score (nSPS) is 16.1. The Morgan fingerprint density at radius 3 is 2.59 bits per heavy atom. The molecule has 0 unspecified atom stereocenters. The Morgan fingerprint density at radius 2 is 1.81 bits per heavy atom. The van der Waals surface area contributed by atoms with Gasteiger partial charge in [-0.3, -0.25) is 4.79 Å². The maximum Gasteiger partial charge on any atom is 0.293 e. The molecule has 9 heteroatoms. The standard InChI is InChI=1S/C28H30N8O/c1-3-35-26-24(32-28(35)34-15-9-12-20(29)16-34)18(2)33-36(27(26)37)17-23-30-22-14-8-7-13-21(22)25(31-23)19-10-5-4-6-11-19/h4-8,10-11,13-14,20H,3,9,12,15-17,29H2,1-2H3/t20-/m1/s1. The molecule has 0 spiro atoms. The van der Waals surface area contributed by atoms with Gasteiger partial charge >= 0.3 is 0 Å². The molecule has 3 aromatic heterocycles. The molecule has 5 aromatic rings. The van der Waals surface area contributed by atoms with E-state index in [0.29, 0.717) is 29.1 Å². The molecule has 0 radical (unpaired) electrons. The predicted octanol–water partition coefficient (Wildman–Crippen LogP) is 3.51. The Bertz CT molecular complexity index is 1660. The zero-order valence-corrected chi connectivity index (χ0v) is 21.1. The van der Waals surface area contributed by atoms with Crippen molar-refractivity contribution in [2.45, 2.75) is 45.8 Å². The van der Waals surface area contributed by atoms with Gasteiger partial charge in [-0.1, -0.05) is 48.5 Å². The van der Waals surface area contributed by atoms with Crippen molar-refractivity contribution >= 4 is 27.9 Å². The van der Waals surface area contributed by atoms with E-state index >= 15 is 0 Å². The van der Waals surface area contributed by atoms with Crippen LogP contribution in [-0.2, 0) is 13.1 Å². The fourth-order valence-corrected chi connectivity index (χ4v) is 5.29. The topological polar surface area (TPSA) is 108 Å². The number of fused-ring (bicyclic) bond motifs is 2. The number of rotatable bonds is 5. The number of nitrogens with zero attached hydrogens (tertiary/aromatic N) is 7. The molecule has 2 N–H and O–H groups in total. The van der Waals surface area contributed by atoms with Crippen LogP contribution in [0.15, 0.2) is 59.4 Å². The van der Waals surface area contributed by atoms with Gasteiger partial charge in [0.05, 0.1) is 16.9 Å². The quantitative estimate of drug-likeness (QED) is 0.398. The first-order valence-electron chi connectivity index (χ1n) is 12.8. The van der Waals surface area contributed by atoms with Crippen LogP contribution in [0, 0.1) is 6.92 Å². The Labute approximate surface area is 214 Å². The van der Waals surface area contributed by atoms with Crippen LogP contribution >= 0.6 is 0 Å². The van der Waals surface area contributed by atoms with Crippen molar-refractivity contribution < 1.29 is 0 Å². The van der Waals surface area contributed by atoms with Crippen LogP contribution < -0.4 is 16.2 Å². The Kier molecular flexibility index (Phi) is 5.92. The highest BCUT2D eigenvalue weighted by atomic mass is 16.1. The third-order valence-corrected chi connectivity index (χ3v) is 7.04. The van der Waals surface area contributed by atoms with E-state index in [2.05, 4.69) is 10.00 Å². The van der Waals surface area contributed by atoms with Gasteiger partial charge in [-0.25, -0.2) is 19.6 Å². The molecule has 0 saturated carbocycles. The van der Waals surface area contributed by atoms with E-state index in [4.69, 9.17) is 20.7 Å². The van der Waals surface area contributed by atoms with Crippen molar-refractivity contribution in [1.29, 1.82) is 0 Å². The summed E-state index contributed by atoms with van der Waals surface area (Å²) in [5.74, 6) is 1.33. The molecule has 0 bridgehead atoms. The lowest BCUT2D eigenvalue weighted by Gasteiger charge is -2.31. The van der Waals surface area contributed by atoms with Crippen molar-refractivity contribution in [2.75, 3.05) is 18.0 Å². The van der Waals surface area contributed by atoms with Gasteiger partial charge < -0.3 is 15.2 Å².